The molecule has 0 aliphatic heterocycles. The second-order valence-corrected chi connectivity index (χ2v) is 6.34. The van der Waals surface area contributed by atoms with Crippen LogP contribution in [0.5, 0.6) is 0 Å². The van der Waals surface area contributed by atoms with Crippen LogP contribution in [0.4, 0.5) is 0 Å². The highest BCUT2D eigenvalue weighted by molar-refractivity contribution is 5.09. The number of rotatable bonds is 4. The molecule has 0 saturated carbocycles. The Labute approximate surface area is 116 Å². The van der Waals surface area contributed by atoms with E-state index in [0.717, 1.165) is 18.5 Å². The quantitative estimate of drug-likeness (QED) is 0.845. The lowest BCUT2D eigenvalue weighted by atomic mass is 9.79. The zero-order chi connectivity index (χ0) is 14.0. The average Bonchev–Trinajstić information content (AvgIpc) is 2.76. The fourth-order valence-corrected chi connectivity index (χ4v) is 3.04. The maximum Gasteiger partial charge on any atom is 0.0650 e. The Hall–Kier alpha value is -1.09. The van der Waals surface area contributed by atoms with E-state index in [2.05, 4.69) is 38.9 Å². The van der Waals surface area contributed by atoms with Gasteiger partial charge in [0.15, 0.2) is 0 Å². The van der Waals surface area contributed by atoms with Crippen molar-refractivity contribution in [3.63, 3.8) is 0 Å². The molecule has 1 aliphatic carbocycles. The summed E-state index contributed by atoms with van der Waals surface area (Å²) in [5.41, 5.74) is 2.41. The lowest BCUT2D eigenvalue weighted by molar-refractivity contribution is 0.0921. The predicted octanol–water partition coefficient (Wildman–Crippen LogP) is 3.36. The monoisotopic (exact) mass is 262 g/mol. The molecular weight excluding hydrogens is 236 g/mol. The van der Waals surface area contributed by atoms with Crippen molar-refractivity contribution in [1.82, 2.24) is 9.78 Å². The molecule has 3 atom stereocenters. The van der Waals surface area contributed by atoms with Crippen molar-refractivity contribution in [2.75, 3.05) is 0 Å². The van der Waals surface area contributed by atoms with Crippen LogP contribution in [-0.2, 0) is 6.42 Å². The summed E-state index contributed by atoms with van der Waals surface area (Å²) >= 11 is 0. The molecule has 1 aliphatic rings. The zero-order valence-electron chi connectivity index (χ0n) is 12.5. The highest BCUT2D eigenvalue weighted by Crippen LogP contribution is 2.31. The van der Waals surface area contributed by atoms with Crippen molar-refractivity contribution in [3.8, 4) is 0 Å². The van der Waals surface area contributed by atoms with Crippen LogP contribution in [0.25, 0.3) is 0 Å². The molecule has 106 valence electrons. The molecule has 3 heteroatoms. The van der Waals surface area contributed by atoms with Crippen LogP contribution < -0.4 is 0 Å². The Morgan fingerprint density at radius 2 is 2.21 bits per heavy atom. The van der Waals surface area contributed by atoms with Gasteiger partial charge in [-0.15, -0.1) is 0 Å². The molecule has 0 bridgehead atoms. The van der Waals surface area contributed by atoms with Crippen LogP contribution >= 0.6 is 0 Å². The van der Waals surface area contributed by atoms with Gasteiger partial charge in [0.1, 0.15) is 0 Å². The Balaban J connectivity index is 1.97. The first-order valence-electron chi connectivity index (χ1n) is 7.35. The summed E-state index contributed by atoms with van der Waals surface area (Å²) < 4.78 is 1.96. The molecule has 19 heavy (non-hydrogen) atoms. The molecule has 2 rings (SSSR count). The van der Waals surface area contributed by atoms with Crippen molar-refractivity contribution in [1.29, 1.82) is 0 Å². The highest BCUT2D eigenvalue weighted by Gasteiger charge is 2.25. The van der Waals surface area contributed by atoms with Crippen molar-refractivity contribution in [3.05, 3.63) is 29.6 Å². The average molecular weight is 262 g/mol. The number of aliphatic hydroxyl groups excluding tert-OH is 1. The maximum absolute atomic E-state index is 10.4. The Kier molecular flexibility index (Phi) is 4.46. The third-order valence-corrected chi connectivity index (χ3v) is 3.98. The van der Waals surface area contributed by atoms with Crippen LogP contribution in [0.15, 0.2) is 23.9 Å². The molecule has 3 nitrogen and oxygen atoms in total. The molecule has 1 aromatic heterocycles. The van der Waals surface area contributed by atoms with Gasteiger partial charge in [0.05, 0.1) is 11.8 Å². The molecular formula is C16H26N2O. The van der Waals surface area contributed by atoms with Gasteiger partial charge in [-0.05, 0) is 51.5 Å². The predicted molar refractivity (Wildman–Crippen MR) is 78.0 cm³/mol. The van der Waals surface area contributed by atoms with E-state index in [-0.39, 0.29) is 6.10 Å². The van der Waals surface area contributed by atoms with Crippen molar-refractivity contribution in [2.24, 2.45) is 11.8 Å². The fourth-order valence-electron chi connectivity index (χ4n) is 3.04. The van der Waals surface area contributed by atoms with E-state index in [4.69, 9.17) is 0 Å². The molecule has 1 heterocycles. The molecule has 0 amide bonds. The smallest absolute Gasteiger partial charge is 0.0650 e. The molecule has 3 unspecified atom stereocenters. The normalized spacial score (nSPS) is 25.5. The van der Waals surface area contributed by atoms with Crippen LogP contribution in [0.2, 0.25) is 0 Å². The first-order valence-corrected chi connectivity index (χ1v) is 7.35. The lowest BCUT2D eigenvalue weighted by Crippen LogP contribution is -2.27. The highest BCUT2D eigenvalue weighted by atomic mass is 16.3. The Bertz CT molecular complexity index is 447. The van der Waals surface area contributed by atoms with E-state index in [1.807, 2.05) is 16.9 Å². The number of aromatic nitrogens is 2. The first-order chi connectivity index (χ1) is 8.95. The largest absolute Gasteiger partial charge is 0.392 e. The van der Waals surface area contributed by atoms with Gasteiger partial charge in [-0.25, -0.2) is 0 Å². The van der Waals surface area contributed by atoms with Gasteiger partial charge in [-0.2, -0.15) is 5.10 Å². The summed E-state index contributed by atoms with van der Waals surface area (Å²) in [5, 5.41) is 15.0. The van der Waals surface area contributed by atoms with Crippen molar-refractivity contribution >= 4 is 0 Å². The molecule has 1 N–H and O–H groups in total. The van der Waals surface area contributed by atoms with Crippen LogP contribution in [0, 0.1) is 11.8 Å². The number of hydrogen-bond acceptors (Lipinski definition) is 2. The topological polar surface area (TPSA) is 38.0 Å². The van der Waals surface area contributed by atoms with Crippen LogP contribution in [0.1, 0.15) is 52.3 Å². The number of aliphatic hydroxyl groups is 1. The van der Waals surface area contributed by atoms with E-state index in [9.17, 15) is 5.11 Å². The molecule has 0 aromatic carbocycles. The minimum absolute atomic E-state index is 0.276. The van der Waals surface area contributed by atoms with Gasteiger partial charge < -0.3 is 5.11 Å². The molecule has 0 spiro atoms. The van der Waals surface area contributed by atoms with Gasteiger partial charge in [-0.1, -0.05) is 18.6 Å². The number of nitrogens with zero attached hydrogens (tertiary/aromatic N) is 2. The summed E-state index contributed by atoms with van der Waals surface area (Å²) in [6.07, 6.45) is 6.84. The van der Waals surface area contributed by atoms with Gasteiger partial charge >= 0.3 is 0 Å². The van der Waals surface area contributed by atoms with Gasteiger partial charge in [0.25, 0.3) is 0 Å². The number of hydrogen-bond donors (Lipinski definition) is 1. The Morgan fingerprint density at radius 1 is 1.47 bits per heavy atom. The van der Waals surface area contributed by atoms with Gasteiger partial charge in [-0.3, -0.25) is 4.68 Å². The second kappa shape index (κ2) is 5.91. The molecule has 0 fully saturated rings. The molecule has 0 saturated heterocycles. The van der Waals surface area contributed by atoms with Crippen molar-refractivity contribution < 1.29 is 5.11 Å². The summed E-state index contributed by atoms with van der Waals surface area (Å²) in [6, 6.07) is 2.41. The summed E-state index contributed by atoms with van der Waals surface area (Å²) in [5.74, 6) is 0.964. The standard InChI is InChI=1S/C16H26N2O/c1-11(2)18-6-5-15(17-18)10-16(19)14-8-12(3)7-13(4)9-14/h5-7,11-12,14,16,19H,8-10H2,1-4H3. The minimum Gasteiger partial charge on any atom is -0.392 e. The summed E-state index contributed by atoms with van der Waals surface area (Å²) in [4.78, 5) is 0. The van der Waals surface area contributed by atoms with Crippen LogP contribution in [-0.4, -0.2) is 21.0 Å². The first kappa shape index (κ1) is 14.3. The second-order valence-electron chi connectivity index (χ2n) is 6.34. The van der Waals surface area contributed by atoms with E-state index in [1.54, 1.807) is 0 Å². The fraction of sp³-hybridized carbons (Fsp3) is 0.688. The molecule has 1 aromatic rings. The van der Waals surface area contributed by atoms with E-state index in [1.165, 1.54) is 5.57 Å². The zero-order valence-corrected chi connectivity index (χ0v) is 12.5. The third-order valence-electron chi connectivity index (χ3n) is 3.98. The SMILES string of the molecule is CC1=CC(C)CC(C(O)Cc2ccn(C(C)C)n2)C1. The summed E-state index contributed by atoms with van der Waals surface area (Å²) in [6.45, 7) is 8.63. The summed E-state index contributed by atoms with van der Waals surface area (Å²) in [7, 11) is 0. The molecule has 0 radical (unpaired) electrons. The van der Waals surface area contributed by atoms with Gasteiger partial charge in [0, 0.05) is 18.7 Å². The van der Waals surface area contributed by atoms with E-state index < -0.39 is 0 Å². The maximum atomic E-state index is 10.4. The van der Waals surface area contributed by atoms with Crippen molar-refractivity contribution in [2.45, 2.75) is 59.1 Å². The van der Waals surface area contributed by atoms with Crippen LogP contribution in [0.3, 0.4) is 0 Å². The number of allylic oxidation sites excluding steroid dienone is 2. The van der Waals surface area contributed by atoms with Gasteiger partial charge in [0.2, 0.25) is 0 Å². The third kappa shape index (κ3) is 3.69. The Morgan fingerprint density at radius 3 is 2.79 bits per heavy atom. The minimum atomic E-state index is -0.276. The lowest BCUT2D eigenvalue weighted by Gasteiger charge is -2.29. The van der Waals surface area contributed by atoms with E-state index in [0.29, 0.717) is 24.3 Å². The van der Waals surface area contributed by atoms with E-state index >= 15 is 0 Å².